The van der Waals surface area contributed by atoms with E-state index < -0.39 is 6.67 Å². The molecule has 0 bridgehead atoms. The van der Waals surface area contributed by atoms with Crippen LogP contribution in [0.1, 0.15) is 10.4 Å². The number of carbonyl (C=O) groups is 1. The van der Waals surface area contributed by atoms with Crippen molar-refractivity contribution in [3.8, 4) is 5.75 Å². The van der Waals surface area contributed by atoms with Gasteiger partial charge in [-0.25, -0.2) is 4.39 Å². The summed E-state index contributed by atoms with van der Waals surface area (Å²) in [6.07, 6.45) is 0. The third kappa shape index (κ3) is 3.10. The van der Waals surface area contributed by atoms with Crippen LogP contribution in [-0.2, 0) is 0 Å². The molecule has 0 atom stereocenters. The maximum absolute atomic E-state index is 11.8. The second-order valence-corrected chi connectivity index (χ2v) is 3.18. The van der Waals surface area contributed by atoms with Gasteiger partial charge in [-0.2, -0.15) is 0 Å². The van der Waals surface area contributed by atoms with Crippen LogP contribution in [0, 0.1) is 0 Å². The molecule has 4 heteroatoms. The third-order valence-corrected chi connectivity index (χ3v) is 2.13. The van der Waals surface area contributed by atoms with Crippen molar-refractivity contribution in [3.63, 3.8) is 0 Å². The number of halogens is 2. The molecule has 0 aliphatic carbocycles. The van der Waals surface area contributed by atoms with Crippen molar-refractivity contribution in [2.24, 2.45) is 0 Å². The maximum atomic E-state index is 11.8. The van der Waals surface area contributed by atoms with Crippen molar-refractivity contribution < 1.29 is 13.9 Å². The Morgan fingerprint density at radius 3 is 2.93 bits per heavy atom. The Morgan fingerprint density at radius 1 is 1.50 bits per heavy atom. The molecule has 0 aliphatic rings. The van der Waals surface area contributed by atoms with Gasteiger partial charge in [-0.3, -0.25) is 4.79 Å². The fourth-order valence-corrected chi connectivity index (χ4v) is 1.32. The van der Waals surface area contributed by atoms with Gasteiger partial charge in [0.05, 0.1) is 5.33 Å². The summed E-state index contributed by atoms with van der Waals surface area (Å²) in [5.41, 5.74) is 0.568. The number of ether oxygens (including phenoxy) is 1. The molecule has 1 aromatic rings. The Balaban J connectivity index is 2.73. The zero-order valence-corrected chi connectivity index (χ0v) is 9.09. The van der Waals surface area contributed by atoms with Gasteiger partial charge in [0.25, 0.3) is 0 Å². The highest BCUT2D eigenvalue weighted by Gasteiger charge is 2.04. The van der Waals surface area contributed by atoms with Gasteiger partial charge in [-0.1, -0.05) is 28.1 Å². The van der Waals surface area contributed by atoms with Crippen LogP contribution in [-0.4, -0.2) is 24.4 Å². The van der Waals surface area contributed by atoms with E-state index >= 15 is 0 Å². The van der Waals surface area contributed by atoms with Gasteiger partial charge < -0.3 is 4.74 Å². The number of alkyl halides is 2. The van der Waals surface area contributed by atoms with Crippen molar-refractivity contribution in [1.29, 1.82) is 0 Å². The quantitative estimate of drug-likeness (QED) is 0.601. The second-order valence-electron chi connectivity index (χ2n) is 2.62. The van der Waals surface area contributed by atoms with E-state index in [-0.39, 0.29) is 17.7 Å². The summed E-state index contributed by atoms with van der Waals surface area (Å²) < 4.78 is 16.9. The molecule has 0 radical (unpaired) electrons. The van der Waals surface area contributed by atoms with Gasteiger partial charge in [0, 0.05) is 5.56 Å². The van der Waals surface area contributed by atoms with E-state index in [1.807, 2.05) is 0 Å². The molecular weight excluding hydrogens is 251 g/mol. The third-order valence-electron chi connectivity index (χ3n) is 1.62. The molecule has 76 valence electrons. The van der Waals surface area contributed by atoms with Crippen molar-refractivity contribution in [2.75, 3.05) is 18.6 Å². The molecular formula is C10H10BrFO2. The van der Waals surface area contributed by atoms with Crippen molar-refractivity contribution in [3.05, 3.63) is 29.8 Å². The Labute approximate surface area is 90.2 Å². The number of hydrogen-bond acceptors (Lipinski definition) is 2. The summed E-state index contributed by atoms with van der Waals surface area (Å²) in [5.74, 6) is 0.505. The van der Waals surface area contributed by atoms with Crippen LogP contribution in [0.5, 0.6) is 5.75 Å². The first-order valence-corrected chi connectivity index (χ1v) is 5.28. The molecule has 0 heterocycles. The minimum absolute atomic E-state index is 0.0179. The van der Waals surface area contributed by atoms with E-state index in [0.29, 0.717) is 11.3 Å². The van der Waals surface area contributed by atoms with Crippen LogP contribution in [0.15, 0.2) is 24.3 Å². The van der Waals surface area contributed by atoms with Crippen LogP contribution in [0.2, 0.25) is 0 Å². The monoisotopic (exact) mass is 260 g/mol. The molecule has 1 aromatic carbocycles. The molecule has 0 unspecified atom stereocenters. The highest BCUT2D eigenvalue weighted by Crippen LogP contribution is 2.14. The minimum atomic E-state index is -0.531. The van der Waals surface area contributed by atoms with E-state index in [0.717, 1.165) is 0 Å². The SMILES string of the molecule is O=C(CBr)c1cccc(OCCF)c1. The Bertz CT molecular complexity index is 315. The van der Waals surface area contributed by atoms with E-state index in [2.05, 4.69) is 15.9 Å². The van der Waals surface area contributed by atoms with Crippen LogP contribution < -0.4 is 4.74 Å². The first kappa shape index (κ1) is 11.2. The first-order valence-electron chi connectivity index (χ1n) is 4.16. The van der Waals surface area contributed by atoms with Crippen molar-refractivity contribution >= 4 is 21.7 Å². The summed E-state index contributed by atoms with van der Waals surface area (Å²) in [6, 6.07) is 6.72. The largest absolute Gasteiger partial charge is 0.491 e. The van der Waals surface area contributed by atoms with E-state index in [9.17, 15) is 9.18 Å². The van der Waals surface area contributed by atoms with Crippen molar-refractivity contribution in [2.45, 2.75) is 0 Å². The van der Waals surface area contributed by atoms with Crippen LogP contribution >= 0.6 is 15.9 Å². The number of carbonyl (C=O) groups excluding carboxylic acids is 1. The molecule has 14 heavy (non-hydrogen) atoms. The average Bonchev–Trinajstić information content (AvgIpc) is 2.25. The second kappa shape index (κ2) is 5.75. The van der Waals surface area contributed by atoms with E-state index in [4.69, 9.17) is 4.74 Å². The van der Waals surface area contributed by atoms with Gasteiger partial charge in [-0.05, 0) is 12.1 Å². The standard InChI is InChI=1S/C10H10BrFO2/c11-7-10(13)8-2-1-3-9(6-8)14-5-4-12/h1-3,6H,4-5,7H2. The number of benzene rings is 1. The highest BCUT2D eigenvalue weighted by molar-refractivity contribution is 9.09. The normalized spacial score (nSPS) is 9.86. The summed E-state index contributed by atoms with van der Waals surface area (Å²) in [5, 5.41) is 0.277. The minimum Gasteiger partial charge on any atom is -0.491 e. The molecule has 0 amide bonds. The molecule has 0 fully saturated rings. The van der Waals surface area contributed by atoms with Crippen molar-refractivity contribution in [1.82, 2.24) is 0 Å². The summed E-state index contributed by atoms with van der Waals surface area (Å²) >= 11 is 3.08. The molecule has 2 nitrogen and oxygen atoms in total. The van der Waals surface area contributed by atoms with Gasteiger partial charge in [-0.15, -0.1) is 0 Å². The smallest absolute Gasteiger partial charge is 0.173 e. The van der Waals surface area contributed by atoms with Crippen LogP contribution in [0.4, 0.5) is 4.39 Å². The summed E-state index contributed by atoms with van der Waals surface area (Å²) in [7, 11) is 0. The molecule has 1 rings (SSSR count). The average molecular weight is 261 g/mol. The lowest BCUT2D eigenvalue weighted by atomic mass is 10.1. The van der Waals surface area contributed by atoms with Gasteiger partial charge in [0.2, 0.25) is 0 Å². The van der Waals surface area contributed by atoms with Crippen LogP contribution in [0.3, 0.4) is 0 Å². The lowest BCUT2D eigenvalue weighted by molar-refractivity contribution is 0.102. The zero-order chi connectivity index (χ0) is 10.4. The fraction of sp³-hybridized carbons (Fsp3) is 0.300. The molecule has 0 saturated carbocycles. The lowest BCUT2D eigenvalue weighted by Gasteiger charge is -2.04. The Morgan fingerprint density at radius 2 is 2.29 bits per heavy atom. The number of ketones is 1. The number of Topliss-reactive ketones (excluding diaryl/α,β-unsaturated/α-hetero) is 1. The molecule has 0 aliphatic heterocycles. The molecule has 0 saturated heterocycles. The Hall–Kier alpha value is -0.900. The predicted molar refractivity (Wildman–Crippen MR) is 56.0 cm³/mol. The van der Waals surface area contributed by atoms with Crippen LogP contribution in [0.25, 0.3) is 0 Å². The van der Waals surface area contributed by atoms with Gasteiger partial charge in [0.1, 0.15) is 19.0 Å². The van der Waals surface area contributed by atoms with E-state index in [1.165, 1.54) is 0 Å². The summed E-state index contributed by atoms with van der Waals surface area (Å²) in [4.78, 5) is 11.3. The van der Waals surface area contributed by atoms with Gasteiger partial charge >= 0.3 is 0 Å². The van der Waals surface area contributed by atoms with E-state index in [1.54, 1.807) is 24.3 Å². The lowest BCUT2D eigenvalue weighted by Crippen LogP contribution is -2.02. The molecule has 0 aromatic heterocycles. The van der Waals surface area contributed by atoms with Gasteiger partial charge in [0.15, 0.2) is 5.78 Å². The topological polar surface area (TPSA) is 26.3 Å². The number of rotatable bonds is 5. The first-order chi connectivity index (χ1) is 6.77. The zero-order valence-electron chi connectivity index (χ0n) is 7.50. The fourth-order valence-electron chi connectivity index (χ4n) is 0.993. The summed E-state index contributed by atoms with van der Waals surface area (Å²) in [6.45, 7) is -0.511. The Kier molecular flexibility index (Phi) is 4.59. The molecule has 0 spiro atoms. The predicted octanol–water partition coefficient (Wildman–Crippen LogP) is 2.61. The highest BCUT2D eigenvalue weighted by atomic mass is 79.9. The maximum Gasteiger partial charge on any atom is 0.173 e. The molecule has 0 N–H and O–H groups in total. The number of hydrogen-bond donors (Lipinski definition) is 0.